The smallest absolute Gasteiger partial charge is 0.00387 e. The minimum absolute atomic E-state index is 0.705. The van der Waals surface area contributed by atoms with Crippen molar-refractivity contribution < 1.29 is 0 Å². The third-order valence-electron chi connectivity index (χ3n) is 4.17. The largest absolute Gasteiger partial charge is 0.314 e. The lowest BCUT2D eigenvalue weighted by Crippen LogP contribution is -2.27. The highest BCUT2D eigenvalue weighted by atomic mass is 15.1. The molecule has 1 saturated heterocycles. The summed E-state index contributed by atoms with van der Waals surface area (Å²) in [5.41, 5.74) is 0. The zero-order valence-corrected chi connectivity index (χ0v) is 12.9. The Bertz CT molecular complexity index is 194. The van der Waals surface area contributed by atoms with E-state index in [0.717, 1.165) is 5.92 Å². The summed E-state index contributed by atoms with van der Waals surface area (Å²) < 4.78 is 0. The third-order valence-corrected chi connectivity index (χ3v) is 4.17. The van der Waals surface area contributed by atoms with Gasteiger partial charge in [-0.2, -0.15) is 0 Å². The summed E-state index contributed by atoms with van der Waals surface area (Å²) in [5.74, 6) is 1.00. The number of nitrogens with one attached hydrogen (secondary N) is 1. The molecule has 0 spiro atoms. The molecule has 1 aliphatic rings. The third kappa shape index (κ3) is 6.75. The SMILES string of the molecule is CCCNC(C)CCCCN1CCC(CCC)C1. The van der Waals surface area contributed by atoms with Crippen LogP contribution in [0.2, 0.25) is 0 Å². The van der Waals surface area contributed by atoms with Crippen LogP contribution in [0.25, 0.3) is 0 Å². The minimum Gasteiger partial charge on any atom is -0.314 e. The van der Waals surface area contributed by atoms with Crippen LogP contribution in [0.15, 0.2) is 0 Å². The van der Waals surface area contributed by atoms with Gasteiger partial charge in [-0.3, -0.25) is 0 Å². The van der Waals surface area contributed by atoms with Gasteiger partial charge < -0.3 is 10.2 Å². The highest BCUT2D eigenvalue weighted by Crippen LogP contribution is 2.21. The second-order valence-electron chi connectivity index (χ2n) is 6.09. The normalized spacial score (nSPS) is 22.5. The first kappa shape index (κ1) is 16.0. The number of unbranched alkanes of at least 4 members (excludes halogenated alkanes) is 1. The Balaban J connectivity index is 1.95. The average Bonchev–Trinajstić information content (AvgIpc) is 2.80. The van der Waals surface area contributed by atoms with Crippen molar-refractivity contribution in [1.29, 1.82) is 0 Å². The molecule has 0 amide bonds. The maximum absolute atomic E-state index is 3.57. The van der Waals surface area contributed by atoms with E-state index in [1.807, 2.05) is 0 Å². The van der Waals surface area contributed by atoms with Gasteiger partial charge >= 0.3 is 0 Å². The lowest BCUT2D eigenvalue weighted by Gasteiger charge is -2.17. The first-order valence-corrected chi connectivity index (χ1v) is 8.22. The summed E-state index contributed by atoms with van der Waals surface area (Å²) in [6.07, 6.45) is 9.60. The van der Waals surface area contributed by atoms with E-state index in [2.05, 4.69) is 31.0 Å². The fourth-order valence-corrected chi connectivity index (χ4v) is 3.04. The van der Waals surface area contributed by atoms with E-state index in [9.17, 15) is 0 Å². The monoisotopic (exact) mass is 254 g/mol. The van der Waals surface area contributed by atoms with Gasteiger partial charge in [0, 0.05) is 12.6 Å². The van der Waals surface area contributed by atoms with Gasteiger partial charge in [0.2, 0.25) is 0 Å². The van der Waals surface area contributed by atoms with E-state index in [1.165, 1.54) is 71.1 Å². The Hall–Kier alpha value is -0.0800. The molecule has 0 radical (unpaired) electrons. The average molecular weight is 254 g/mol. The van der Waals surface area contributed by atoms with Crippen molar-refractivity contribution in [1.82, 2.24) is 10.2 Å². The van der Waals surface area contributed by atoms with Gasteiger partial charge in [-0.25, -0.2) is 0 Å². The van der Waals surface area contributed by atoms with E-state index in [0.29, 0.717) is 6.04 Å². The molecule has 2 heteroatoms. The molecular formula is C16H34N2. The van der Waals surface area contributed by atoms with Crippen molar-refractivity contribution in [2.45, 2.75) is 71.8 Å². The van der Waals surface area contributed by atoms with Crippen molar-refractivity contribution >= 4 is 0 Å². The Labute approximate surface area is 115 Å². The summed E-state index contributed by atoms with van der Waals surface area (Å²) in [4.78, 5) is 2.68. The molecule has 1 N–H and O–H groups in total. The molecule has 0 aromatic carbocycles. The first-order chi connectivity index (χ1) is 8.76. The Morgan fingerprint density at radius 3 is 2.78 bits per heavy atom. The lowest BCUT2D eigenvalue weighted by molar-refractivity contribution is 0.308. The maximum atomic E-state index is 3.57. The molecule has 0 aliphatic carbocycles. The maximum Gasteiger partial charge on any atom is 0.00387 e. The highest BCUT2D eigenvalue weighted by Gasteiger charge is 2.20. The summed E-state index contributed by atoms with van der Waals surface area (Å²) in [6, 6.07) is 0.705. The number of hydrogen-bond donors (Lipinski definition) is 1. The zero-order valence-electron chi connectivity index (χ0n) is 12.9. The quantitative estimate of drug-likeness (QED) is 0.598. The van der Waals surface area contributed by atoms with Crippen molar-refractivity contribution in [3.8, 4) is 0 Å². The van der Waals surface area contributed by atoms with E-state index >= 15 is 0 Å². The molecule has 18 heavy (non-hydrogen) atoms. The molecule has 108 valence electrons. The van der Waals surface area contributed by atoms with E-state index < -0.39 is 0 Å². The zero-order chi connectivity index (χ0) is 13.2. The van der Waals surface area contributed by atoms with E-state index in [1.54, 1.807) is 0 Å². The molecule has 1 heterocycles. The molecule has 0 saturated carbocycles. The highest BCUT2D eigenvalue weighted by molar-refractivity contribution is 4.75. The Morgan fingerprint density at radius 1 is 1.22 bits per heavy atom. The minimum atomic E-state index is 0.705. The van der Waals surface area contributed by atoms with Gasteiger partial charge in [-0.15, -0.1) is 0 Å². The van der Waals surface area contributed by atoms with Gasteiger partial charge in [0.25, 0.3) is 0 Å². The van der Waals surface area contributed by atoms with Crippen LogP contribution in [0.4, 0.5) is 0 Å². The molecule has 1 rings (SSSR count). The number of hydrogen-bond acceptors (Lipinski definition) is 2. The predicted molar refractivity (Wildman–Crippen MR) is 81.1 cm³/mol. The molecule has 0 aromatic heterocycles. The second kappa shape index (κ2) is 9.80. The van der Waals surface area contributed by atoms with E-state index in [4.69, 9.17) is 0 Å². The van der Waals surface area contributed by atoms with Crippen LogP contribution in [-0.2, 0) is 0 Å². The number of rotatable bonds is 10. The molecule has 2 unspecified atom stereocenters. The molecule has 1 fully saturated rings. The molecule has 0 bridgehead atoms. The molecule has 1 aliphatic heterocycles. The summed E-state index contributed by atoms with van der Waals surface area (Å²) in [5, 5.41) is 3.57. The van der Waals surface area contributed by atoms with Crippen LogP contribution in [0.1, 0.15) is 65.7 Å². The van der Waals surface area contributed by atoms with Crippen molar-refractivity contribution in [2.24, 2.45) is 5.92 Å². The van der Waals surface area contributed by atoms with Gasteiger partial charge in [-0.1, -0.05) is 26.7 Å². The first-order valence-electron chi connectivity index (χ1n) is 8.22. The Kier molecular flexibility index (Phi) is 8.70. The standard InChI is InChI=1S/C16H34N2/c1-4-8-16-10-13-18(14-16)12-7-6-9-15(3)17-11-5-2/h15-17H,4-14H2,1-3H3. The van der Waals surface area contributed by atoms with E-state index in [-0.39, 0.29) is 0 Å². The van der Waals surface area contributed by atoms with Gasteiger partial charge in [-0.05, 0) is 64.6 Å². The Morgan fingerprint density at radius 2 is 2.06 bits per heavy atom. The topological polar surface area (TPSA) is 15.3 Å². The predicted octanol–water partition coefficient (Wildman–Crippen LogP) is 3.67. The van der Waals surface area contributed by atoms with Gasteiger partial charge in [0.15, 0.2) is 0 Å². The number of nitrogens with zero attached hydrogens (tertiary/aromatic N) is 1. The second-order valence-corrected chi connectivity index (χ2v) is 6.09. The molecule has 2 nitrogen and oxygen atoms in total. The van der Waals surface area contributed by atoms with Crippen molar-refractivity contribution in [2.75, 3.05) is 26.2 Å². The fraction of sp³-hybridized carbons (Fsp3) is 1.00. The lowest BCUT2D eigenvalue weighted by atomic mass is 10.0. The van der Waals surface area contributed by atoms with Crippen LogP contribution < -0.4 is 5.32 Å². The van der Waals surface area contributed by atoms with Gasteiger partial charge in [0.1, 0.15) is 0 Å². The van der Waals surface area contributed by atoms with Crippen LogP contribution >= 0.6 is 0 Å². The summed E-state index contributed by atoms with van der Waals surface area (Å²) in [7, 11) is 0. The molecule has 0 aromatic rings. The summed E-state index contributed by atoms with van der Waals surface area (Å²) >= 11 is 0. The molecule has 2 atom stereocenters. The van der Waals surface area contributed by atoms with Crippen molar-refractivity contribution in [3.63, 3.8) is 0 Å². The van der Waals surface area contributed by atoms with Crippen LogP contribution in [0, 0.1) is 5.92 Å². The van der Waals surface area contributed by atoms with Crippen molar-refractivity contribution in [3.05, 3.63) is 0 Å². The summed E-state index contributed by atoms with van der Waals surface area (Å²) in [6.45, 7) is 12.1. The van der Waals surface area contributed by atoms with Crippen LogP contribution in [-0.4, -0.2) is 37.1 Å². The van der Waals surface area contributed by atoms with Crippen LogP contribution in [0.5, 0.6) is 0 Å². The van der Waals surface area contributed by atoms with Gasteiger partial charge in [0.05, 0.1) is 0 Å². The van der Waals surface area contributed by atoms with Crippen LogP contribution in [0.3, 0.4) is 0 Å². The number of likely N-dealkylation sites (tertiary alicyclic amines) is 1. The molecular weight excluding hydrogens is 220 g/mol. The fourth-order valence-electron chi connectivity index (χ4n) is 3.04.